The Morgan fingerprint density at radius 1 is 1.35 bits per heavy atom. The summed E-state index contributed by atoms with van der Waals surface area (Å²) in [6.45, 7) is 1.65. The van der Waals surface area contributed by atoms with E-state index in [1.807, 2.05) is 0 Å². The summed E-state index contributed by atoms with van der Waals surface area (Å²) < 4.78 is 35.5. The summed E-state index contributed by atoms with van der Waals surface area (Å²) in [4.78, 5) is 0.966. The second-order valence-electron chi connectivity index (χ2n) is 4.51. The Morgan fingerprint density at radius 2 is 2.00 bits per heavy atom. The fourth-order valence-corrected chi connectivity index (χ4v) is 3.52. The van der Waals surface area contributed by atoms with Crippen molar-refractivity contribution in [2.24, 2.45) is 5.84 Å². The van der Waals surface area contributed by atoms with Crippen molar-refractivity contribution < 1.29 is 12.8 Å². The van der Waals surface area contributed by atoms with E-state index in [-0.39, 0.29) is 23.4 Å². The molecule has 0 radical (unpaired) electrons. The van der Waals surface area contributed by atoms with Crippen molar-refractivity contribution in [3.63, 3.8) is 0 Å². The van der Waals surface area contributed by atoms with E-state index >= 15 is 0 Å². The number of nitrogens with two attached hydrogens (primary N) is 1. The molecule has 1 aromatic carbocycles. The normalized spacial score (nSPS) is 13.3. The lowest BCUT2D eigenvalue weighted by atomic mass is 10.2. The van der Waals surface area contributed by atoms with Gasteiger partial charge in [-0.25, -0.2) is 12.8 Å². The molecule has 1 unspecified atom stereocenters. The molecule has 0 amide bonds. The number of hydrazine groups is 1. The van der Waals surface area contributed by atoms with Gasteiger partial charge in [-0.05, 0) is 37.1 Å². The lowest BCUT2D eigenvalue weighted by Gasteiger charge is -2.15. The van der Waals surface area contributed by atoms with Crippen molar-refractivity contribution in [2.45, 2.75) is 30.7 Å². The second kappa shape index (κ2) is 8.61. The minimum Gasteiger partial charge on any atom is -0.271 e. The van der Waals surface area contributed by atoms with Gasteiger partial charge in [0.15, 0.2) is 0 Å². The maximum atomic E-state index is 12.8. The largest absolute Gasteiger partial charge is 0.271 e. The molecule has 0 fully saturated rings. The maximum absolute atomic E-state index is 12.8. The number of halogens is 1. The van der Waals surface area contributed by atoms with Crippen LogP contribution < -0.4 is 11.3 Å². The van der Waals surface area contributed by atoms with E-state index in [4.69, 9.17) is 5.84 Å². The van der Waals surface area contributed by atoms with Gasteiger partial charge in [0.2, 0.25) is 0 Å². The van der Waals surface area contributed by atoms with E-state index in [1.165, 1.54) is 12.1 Å². The van der Waals surface area contributed by atoms with Crippen LogP contribution in [0.25, 0.3) is 0 Å². The lowest BCUT2D eigenvalue weighted by molar-refractivity contribution is 0.528. The van der Waals surface area contributed by atoms with Gasteiger partial charge in [0.05, 0.1) is 5.75 Å². The molecule has 0 spiro atoms. The van der Waals surface area contributed by atoms with E-state index in [2.05, 4.69) is 5.43 Å². The number of hydrogen-bond acceptors (Lipinski definition) is 5. The van der Waals surface area contributed by atoms with E-state index < -0.39 is 9.84 Å². The molecule has 3 N–H and O–H groups in total. The first-order valence-electron chi connectivity index (χ1n) is 6.51. The first-order chi connectivity index (χ1) is 9.46. The standard InChI is InChI=1S/C13H21FN2O2S2/c1-2-20(17,18)9-3-4-12(16-15)10-19-13-7-5-11(14)6-8-13/h5-8,12,16H,2-4,9-10,15H2,1H3. The Bertz CT molecular complexity index is 492. The van der Waals surface area contributed by atoms with Crippen LogP contribution in [0.3, 0.4) is 0 Å². The van der Waals surface area contributed by atoms with Gasteiger partial charge in [-0.3, -0.25) is 11.3 Å². The summed E-state index contributed by atoms with van der Waals surface area (Å²) in [5.74, 6) is 6.31. The van der Waals surface area contributed by atoms with Crippen molar-refractivity contribution in [1.82, 2.24) is 5.43 Å². The highest BCUT2D eigenvalue weighted by Crippen LogP contribution is 2.20. The molecule has 7 heteroatoms. The molecule has 1 aromatic rings. The van der Waals surface area contributed by atoms with Crippen molar-refractivity contribution >= 4 is 21.6 Å². The van der Waals surface area contributed by atoms with Crippen LogP contribution in [0.5, 0.6) is 0 Å². The van der Waals surface area contributed by atoms with Crippen molar-refractivity contribution in [3.05, 3.63) is 30.1 Å². The van der Waals surface area contributed by atoms with Crippen LogP contribution in [0.15, 0.2) is 29.2 Å². The molecule has 0 saturated carbocycles. The number of nitrogens with one attached hydrogen (secondary N) is 1. The fraction of sp³-hybridized carbons (Fsp3) is 0.538. The summed E-state index contributed by atoms with van der Waals surface area (Å²) in [6, 6.07) is 6.31. The van der Waals surface area contributed by atoms with Crippen molar-refractivity contribution in [1.29, 1.82) is 0 Å². The van der Waals surface area contributed by atoms with Crippen LogP contribution in [-0.2, 0) is 9.84 Å². The SMILES string of the molecule is CCS(=O)(=O)CCCC(CSc1ccc(F)cc1)NN. The van der Waals surface area contributed by atoms with Gasteiger partial charge in [-0.2, -0.15) is 0 Å². The van der Waals surface area contributed by atoms with Gasteiger partial charge in [0, 0.05) is 22.4 Å². The van der Waals surface area contributed by atoms with E-state index in [0.717, 1.165) is 4.90 Å². The molecular weight excluding hydrogens is 299 g/mol. The Hall–Kier alpha value is -0.630. The van der Waals surface area contributed by atoms with Gasteiger partial charge in [-0.15, -0.1) is 11.8 Å². The minimum absolute atomic E-state index is 0.0390. The summed E-state index contributed by atoms with van der Waals surface area (Å²) in [5.41, 5.74) is 2.70. The highest BCUT2D eigenvalue weighted by Gasteiger charge is 2.11. The third kappa shape index (κ3) is 6.69. The van der Waals surface area contributed by atoms with Crippen molar-refractivity contribution in [3.8, 4) is 0 Å². The van der Waals surface area contributed by atoms with Gasteiger partial charge in [-0.1, -0.05) is 6.92 Å². The molecule has 20 heavy (non-hydrogen) atoms. The molecule has 0 aliphatic rings. The Kier molecular flexibility index (Phi) is 7.50. The Balaban J connectivity index is 2.34. The number of thioether (sulfide) groups is 1. The molecular formula is C13H21FN2O2S2. The third-order valence-corrected chi connectivity index (χ3v) is 5.91. The topological polar surface area (TPSA) is 72.2 Å². The highest BCUT2D eigenvalue weighted by atomic mass is 32.2. The van der Waals surface area contributed by atoms with Gasteiger partial charge >= 0.3 is 0 Å². The van der Waals surface area contributed by atoms with Crippen LogP contribution >= 0.6 is 11.8 Å². The van der Waals surface area contributed by atoms with Crippen LogP contribution in [0.2, 0.25) is 0 Å². The summed E-state index contributed by atoms with van der Waals surface area (Å²) >= 11 is 1.57. The van der Waals surface area contributed by atoms with E-state index in [0.29, 0.717) is 18.6 Å². The molecule has 114 valence electrons. The van der Waals surface area contributed by atoms with E-state index in [1.54, 1.807) is 30.8 Å². The zero-order valence-electron chi connectivity index (χ0n) is 11.5. The molecule has 0 saturated heterocycles. The van der Waals surface area contributed by atoms with Crippen LogP contribution in [0, 0.1) is 5.82 Å². The molecule has 0 bridgehead atoms. The molecule has 0 heterocycles. The first-order valence-corrected chi connectivity index (χ1v) is 9.32. The molecule has 0 aliphatic heterocycles. The summed E-state index contributed by atoms with van der Waals surface area (Å²) in [5, 5.41) is 0. The first kappa shape index (κ1) is 17.4. The van der Waals surface area contributed by atoms with Gasteiger partial charge < -0.3 is 0 Å². The Labute approximate surface area is 124 Å². The van der Waals surface area contributed by atoms with Crippen LogP contribution in [0.4, 0.5) is 4.39 Å². The maximum Gasteiger partial charge on any atom is 0.150 e. The molecule has 1 atom stereocenters. The number of rotatable bonds is 9. The van der Waals surface area contributed by atoms with E-state index in [9.17, 15) is 12.8 Å². The zero-order valence-corrected chi connectivity index (χ0v) is 13.1. The number of sulfone groups is 1. The zero-order chi connectivity index (χ0) is 15.0. The van der Waals surface area contributed by atoms with Gasteiger partial charge in [0.1, 0.15) is 15.7 Å². The monoisotopic (exact) mass is 320 g/mol. The molecule has 1 rings (SSSR count). The second-order valence-corrected chi connectivity index (χ2v) is 8.07. The van der Waals surface area contributed by atoms with Crippen LogP contribution in [-0.4, -0.2) is 31.7 Å². The summed E-state index contributed by atoms with van der Waals surface area (Å²) in [6.07, 6.45) is 1.29. The minimum atomic E-state index is -2.91. The smallest absolute Gasteiger partial charge is 0.150 e. The average Bonchev–Trinajstić information content (AvgIpc) is 2.44. The molecule has 4 nitrogen and oxygen atoms in total. The fourth-order valence-electron chi connectivity index (χ4n) is 1.64. The average molecular weight is 320 g/mol. The lowest BCUT2D eigenvalue weighted by Crippen LogP contribution is -2.37. The van der Waals surface area contributed by atoms with Crippen LogP contribution in [0.1, 0.15) is 19.8 Å². The molecule has 0 aliphatic carbocycles. The predicted octanol–water partition coefficient (Wildman–Crippen LogP) is 1.96. The predicted molar refractivity (Wildman–Crippen MR) is 81.8 cm³/mol. The Morgan fingerprint density at radius 3 is 2.55 bits per heavy atom. The number of hydrogen-bond donors (Lipinski definition) is 2. The quantitative estimate of drug-likeness (QED) is 0.413. The van der Waals surface area contributed by atoms with Gasteiger partial charge in [0.25, 0.3) is 0 Å². The number of benzene rings is 1. The third-order valence-electron chi connectivity index (χ3n) is 2.95. The summed E-state index contributed by atoms with van der Waals surface area (Å²) in [7, 11) is -2.91. The highest BCUT2D eigenvalue weighted by molar-refractivity contribution is 7.99. The molecule has 0 aromatic heterocycles. The van der Waals surface area contributed by atoms with Crippen molar-refractivity contribution in [2.75, 3.05) is 17.3 Å².